The Bertz CT molecular complexity index is 364. The first kappa shape index (κ1) is 13.0. The van der Waals surface area contributed by atoms with E-state index in [4.69, 9.17) is 4.74 Å². The van der Waals surface area contributed by atoms with Gasteiger partial charge in [-0.1, -0.05) is 15.9 Å². The second-order valence-electron chi connectivity index (χ2n) is 3.05. The minimum absolute atomic E-state index is 0.0527. The first-order valence-electron chi connectivity index (χ1n) is 4.67. The normalized spacial score (nSPS) is 12.3. The minimum Gasteiger partial charge on any atom is -0.493 e. The molecule has 1 aromatic carbocycles. The van der Waals surface area contributed by atoms with Crippen LogP contribution < -0.4 is 4.74 Å². The molecule has 0 radical (unpaired) electrons. The summed E-state index contributed by atoms with van der Waals surface area (Å²) in [7, 11) is 0. The standard InChI is InChI=1S/C11H12BrIO2/c1-3-15-10-5-4-8(13)6-9(10)11(14)7(2)12/h4-7H,3H2,1-2H3. The molecule has 0 N–H and O–H groups in total. The predicted octanol–water partition coefficient (Wildman–Crippen LogP) is 3.66. The monoisotopic (exact) mass is 382 g/mol. The van der Waals surface area contributed by atoms with Gasteiger partial charge in [0.1, 0.15) is 5.75 Å². The van der Waals surface area contributed by atoms with E-state index in [0.29, 0.717) is 17.9 Å². The highest BCUT2D eigenvalue weighted by Crippen LogP contribution is 2.24. The van der Waals surface area contributed by atoms with Gasteiger partial charge in [-0.05, 0) is 54.6 Å². The van der Waals surface area contributed by atoms with Crippen LogP contribution in [0.1, 0.15) is 24.2 Å². The van der Waals surface area contributed by atoms with E-state index in [9.17, 15) is 4.79 Å². The molecule has 1 aromatic rings. The third kappa shape index (κ3) is 3.45. The van der Waals surface area contributed by atoms with E-state index in [2.05, 4.69) is 38.5 Å². The Balaban J connectivity index is 3.12. The lowest BCUT2D eigenvalue weighted by Gasteiger charge is -2.10. The second-order valence-corrected chi connectivity index (χ2v) is 5.67. The lowest BCUT2D eigenvalue weighted by Crippen LogP contribution is -2.12. The van der Waals surface area contributed by atoms with Crippen LogP contribution in [0.2, 0.25) is 0 Å². The number of alkyl halides is 1. The van der Waals surface area contributed by atoms with Gasteiger partial charge in [0.15, 0.2) is 5.78 Å². The number of carbonyl (C=O) groups is 1. The molecule has 1 rings (SSSR count). The average Bonchev–Trinajstić information content (AvgIpc) is 2.20. The smallest absolute Gasteiger partial charge is 0.179 e. The quantitative estimate of drug-likeness (QED) is 0.451. The Morgan fingerprint density at radius 2 is 2.27 bits per heavy atom. The largest absolute Gasteiger partial charge is 0.493 e. The second kappa shape index (κ2) is 5.84. The molecule has 0 saturated heterocycles. The minimum atomic E-state index is -0.185. The van der Waals surface area contributed by atoms with Crippen molar-refractivity contribution in [1.29, 1.82) is 0 Å². The van der Waals surface area contributed by atoms with Gasteiger partial charge in [-0.2, -0.15) is 0 Å². The van der Waals surface area contributed by atoms with Crippen molar-refractivity contribution in [1.82, 2.24) is 0 Å². The lowest BCUT2D eigenvalue weighted by atomic mass is 10.1. The lowest BCUT2D eigenvalue weighted by molar-refractivity contribution is 0.0992. The van der Waals surface area contributed by atoms with Crippen LogP contribution in [0.25, 0.3) is 0 Å². The summed E-state index contributed by atoms with van der Waals surface area (Å²) in [5, 5.41) is 0. The van der Waals surface area contributed by atoms with Crippen LogP contribution >= 0.6 is 38.5 Å². The van der Waals surface area contributed by atoms with E-state index in [1.807, 2.05) is 32.0 Å². The Morgan fingerprint density at radius 3 is 2.80 bits per heavy atom. The van der Waals surface area contributed by atoms with Crippen molar-refractivity contribution in [2.24, 2.45) is 0 Å². The van der Waals surface area contributed by atoms with E-state index in [0.717, 1.165) is 3.57 Å². The summed E-state index contributed by atoms with van der Waals surface area (Å²) in [6, 6.07) is 5.63. The van der Waals surface area contributed by atoms with Gasteiger partial charge in [-0.3, -0.25) is 4.79 Å². The maximum atomic E-state index is 11.9. The summed E-state index contributed by atoms with van der Waals surface area (Å²) in [5.41, 5.74) is 0.646. The molecule has 82 valence electrons. The van der Waals surface area contributed by atoms with E-state index >= 15 is 0 Å². The van der Waals surface area contributed by atoms with Crippen LogP contribution in [-0.4, -0.2) is 17.2 Å². The molecule has 0 saturated carbocycles. The molecule has 0 amide bonds. The van der Waals surface area contributed by atoms with Crippen molar-refractivity contribution < 1.29 is 9.53 Å². The molecule has 0 bridgehead atoms. The van der Waals surface area contributed by atoms with Crippen molar-refractivity contribution in [2.75, 3.05) is 6.61 Å². The number of ketones is 1. The molecule has 1 atom stereocenters. The summed E-state index contributed by atoms with van der Waals surface area (Å²) in [6.07, 6.45) is 0. The zero-order valence-electron chi connectivity index (χ0n) is 8.59. The molecule has 0 aromatic heterocycles. The van der Waals surface area contributed by atoms with Gasteiger partial charge >= 0.3 is 0 Å². The maximum Gasteiger partial charge on any atom is 0.179 e. The fourth-order valence-electron chi connectivity index (χ4n) is 1.19. The Hall–Kier alpha value is -0.100. The zero-order valence-corrected chi connectivity index (χ0v) is 12.3. The van der Waals surface area contributed by atoms with Gasteiger partial charge < -0.3 is 4.74 Å². The fourth-order valence-corrected chi connectivity index (χ4v) is 1.93. The molecule has 0 heterocycles. The van der Waals surface area contributed by atoms with E-state index in [1.165, 1.54) is 0 Å². The summed E-state index contributed by atoms with van der Waals surface area (Å²) < 4.78 is 6.45. The molecule has 1 unspecified atom stereocenters. The van der Waals surface area contributed by atoms with Gasteiger partial charge in [-0.25, -0.2) is 0 Å². The molecule has 0 spiro atoms. The number of halogens is 2. The number of rotatable bonds is 4. The fraction of sp³-hybridized carbons (Fsp3) is 0.364. The molecule has 2 nitrogen and oxygen atoms in total. The number of benzene rings is 1. The van der Waals surface area contributed by atoms with Crippen LogP contribution in [0.3, 0.4) is 0 Å². The van der Waals surface area contributed by atoms with E-state index in [1.54, 1.807) is 0 Å². The third-order valence-corrected chi connectivity index (χ3v) is 2.96. The number of hydrogen-bond donors (Lipinski definition) is 0. The molecule has 0 aliphatic heterocycles. The van der Waals surface area contributed by atoms with Gasteiger partial charge in [0.2, 0.25) is 0 Å². The molecule has 4 heteroatoms. The van der Waals surface area contributed by atoms with Gasteiger partial charge in [0.25, 0.3) is 0 Å². The molecule has 0 aliphatic carbocycles. The Morgan fingerprint density at radius 1 is 1.60 bits per heavy atom. The third-order valence-electron chi connectivity index (χ3n) is 1.87. The van der Waals surface area contributed by atoms with E-state index in [-0.39, 0.29) is 10.6 Å². The highest BCUT2D eigenvalue weighted by atomic mass is 127. The number of carbonyl (C=O) groups excluding carboxylic acids is 1. The highest BCUT2D eigenvalue weighted by Gasteiger charge is 2.17. The zero-order chi connectivity index (χ0) is 11.4. The first-order chi connectivity index (χ1) is 7.06. The summed E-state index contributed by atoms with van der Waals surface area (Å²) >= 11 is 5.46. The summed E-state index contributed by atoms with van der Waals surface area (Å²) in [4.78, 5) is 11.7. The van der Waals surface area contributed by atoms with Crippen LogP contribution in [0.5, 0.6) is 5.75 Å². The Labute approximate surface area is 112 Å². The van der Waals surface area contributed by atoms with E-state index < -0.39 is 0 Å². The van der Waals surface area contributed by atoms with Crippen molar-refractivity contribution in [3.63, 3.8) is 0 Å². The van der Waals surface area contributed by atoms with Gasteiger partial charge in [0, 0.05) is 3.57 Å². The topological polar surface area (TPSA) is 26.3 Å². The highest BCUT2D eigenvalue weighted by molar-refractivity contribution is 14.1. The van der Waals surface area contributed by atoms with Crippen LogP contribution in [-0.2, 0) is 0 Å². The van der Waals surface area contributed by atoms with Crippen LogP contribution in [0.15, 0.2) is 18.2 Å². The van der Waals surface area contributed by atoms with Crippen LogP contribution in [0, 0.1) is 3.57 Å². The number of hydrogen-bond acceptors (Lipinski definition) is 2. The molecule has 0 aliphatic rings. The van der Waals surface area contributed by atoms with Crippen molar-refractivity contribution >= 4 is 44.3 Å². The molecule has 0 fully saturated rings. The maximum absolute atomic E-state index is 11.9. The number of Topliss-reactive ketones (excluding diaryl/α,β-unsaturated/α-hetero) is 1. The summed E-state index contributed by atoms with van der Waals surface area (Å²) in [5.74, 6) is 0.714. The number of ether oxygens (including phenoxy) is 1. The average molecular weight is 383 g/mol. The summed E-state index contributed by atoms with van der Waals surface area (Å²) in [6.45, 7) is 4.29. The molecule has 15 heavy (non-hydrogen) atoms. The molecular formula is C11H12BrIO2. The van der Waals surface area contributed by atoms with Crippen LogP contribution in [0.4, 0.5) is 0 Å². The molecular weight excluding hydrogens is 371 g/mol. The van der Waals surface area contributed by atoms with Gasteiger partial charge in [0.05, 0.1) is 17.0 Å². The van der Waals surface area contributed by atoms with Crippen molar-refractivity contribution in [3.8, 4) is 5.75 Å². The SMILES string of the molecule is CCOc1ccc(I)cc1C(=O)C(C)Br. The Kier molecular flexibility index (Phi) is 5.05. The van der Waals surface area contributed by atoms with Crippen molar-refractivity contribution in [3.05, 3.63) is 27.3 Å². The van der Waals surface area contributed by atoms with Crippen molar-refractivity contribution in [2.45, 2.75) is 18.7 Å². The first-order valence-corrected chi connectivity index (χ1v) is 6.66. The van der Waals surface area contributed by atoms with Gasteiger partial charge in [-0.15, -0.1) is 0 Å². The predicted molar refractivity (Wildman–Crippen MR) is 73.0 cm³/mol.